The van der Waals surface area contributed by atoms with Crippen molar-refractivity contribution in [2.75, 3.05) is 6.54 Å². The Morgan fingerprint density at radius 3 is 2.73 bits per heavy atom. The van der Waals surface area contributed by atoms with E-state index in [9.17, 15) is 9.59 Å². The number of rotatable bonds is 7. The molecule has 0 spiro atoms. The first-order valence-corrected chi connectivity index (χ1v) is 8.93. The van der Waals surface area contributed by atoms with E-state index >= 15 is 0 Å². The van der Waals surface area contributed by atoms with Crippen molar-refractivity contribution in [2.45, 2.75) is 26.7 Å². The summed E-state index contributed by atoms with van der Waals surface area (Å²) in [4.78, 5) is 31.6. The van der Waals surface area contributed by atoms with Crippen molar-refractivity contribution in [3.05, 3.63) is 54.4 Å². The van der Waals surface area contributed by atoms with Crippen LogP contribution in [0.25, 0.3) is 22.2 Å². The number of aromatic nitrogens is 2. The van der Waals surface area contributed by atoms with Crippen molar-refractivity contribution in [1.29, 1.82) is 0 Å². The second-order valence-corrected chi connectivity index (χ2v) is 6.45. The summed E-state index contributed by atoms with van der Waals surface area (Å²) in [5.74, 6) is -1.09. The predicted molar refractivity (Wildman–Crippen MR) is 103 cm³/mol. The number of amides is 1. The number of hydrogen-bond donors (Lipinski definition) is 2. The van der Waals surface area contributed by atoms with Gasteiger partial charge in [-0.3, -0.25) is 14.6 Å². The Morgan fingerprint density at radius 1 is 1.19 bits per heavy atom. The molecule has 0 fully saturated rings. The zero-order valence-electron chi connectivity index (χ0n) is 15.1. The molecule has 0 saturated heterocycles. The molecule has 0 aliphatic heterocycles. The van der Waals surface area contributed by atoms with E-state index in [-0.39, 0.29) is 11.7 Å². The Kier molecular flexibility index (Phi) is 5.46. The van der Waals surface area contributed by atoms with Gasteiger partial charge in [-0.2, -0.15) is 0 Å². The van der Waals surface area contributed by atoms with Crippen molar-refractivity contribution in [3.63, 3.8) is 0 Å². The fraction of sp³-hybridized carbons (Fsp3) is 0.286. The molecule has 1 unspecified atom stereocenters. The quantitative estimate of drug-likeness (QED) is 0.641. The summed E-state index contributed by atoms with van der Waals surface area (Å²) >= 11 is 0. The third kappa shape index (κ3) is 3.67. The monoisotopic (exact) mass is 349 g/mol. The lowest BCUT2D eigenvalue weighted by Crippen LogP contribution is -2.35. The molecular weight excluding hydrogens is 326 g/mol. The average molecular weight is 349 g/mol. The Bertz CT molecular complexity index is 915. The van der Waals surface area contributed by atoms with Crippen molar-refractivity contribution >= 4 is 22.6 Å². The highest BCUT2D eigenvalue weighted by Crippen LogP contribution is 2.30. The molecule has 1 amide bonds. The van der Waals surface area contributed by atoms with Gasteiger partial charge in [0, 0.05) is 41.3 Å². The maximum absolute atomic E-state index is 12.0. The minimum atomic E-state index is -0.498. The number of Topliss-reactive ketones (excluding diaryl/α,β-unsaturated/α-hetero) is 1. The van der Waals surface area contributed by atoms with E-state index in [1.807, 2.05) is 43.5 Å². The Morgan fingerprint density at radius 2 is 2.00 bits per heavy atom. The number of benzene rings is 1. The molecule has 26 heavy (non-hydrogen) atoms. The summed E-state index contributed by atoms with van der Waals surface area (Å²) in [6, 6.07) is 12.0. The van der Waals surface area contributed by atoms with Crippen LogP contribution in [-0.2, 0) is 16.0 Å². The molecule has 5 nitrogen and oxygen atoms in total. The van der Waals surface area contributed by atoms with Gasteiger partial charge in [-0.05, 0) is 36.6 Å². The van der Waals surface area contributed by atoms with E-state index in [4.69, 9.17) is 0 Å². The summed E-state index contributed by atoms with van der Waals surface area (Å²) < 4.78 is 0. The molecule has 5 heteroatoms. The molecule has 1 aromatic carbocycles. The highest BCUT2D eigenvalue weighted by atomic mass is 16.2. The summed E-state index contributed by atoms with van der Waals surface area (Å²) in [7, 11) is 0. The van der Waals surface area contributed by atoms with Crippen LogP contribution in [0.1, 0.15) is 25.8 Å². The first-order chi connectivity index (χ1) is 12.6. The lowest BCUT2D eigenvalue weighted by molar-refractivity contribution is -0.140. The number of nitrogens with one attached hydrogen (secondary N) is 2. The standard InChI is InChI=1S/C21H23N3O2/c1-3-14(2)20(25)21(26)23-12-10-17-16-8-4-5-9-18(16)24-19(17)15-7-6-11-22-13-15/h4-9,11,13-14,24H,3,10,12H2,1-2H3,(H,23,26). The second-order valence-electron chi connectivity index (χ2n) is 6.45. The smallest absolute Gasteiger partial charge is 0.287 e. The van der Waals surface area contributed by atoms with Gasteiger partial charge in [0.05, 0.1) is 5.69 Å². The van der Waals surface area contributed by atoms with Gasteiger partial charge in [-0.1, -0.05) is 32.0 Å². The molecule has 0 aliphatic rings. The lowest BCUT2D eigenvalue weighted by Gasteiger charge is -2.09. The molecule has 0 bridgehead atoms. The van der Waals surface area contributed by atoms with Crippen LogP contribution in [0.3, 0.4) is 0 Å². The number of H-pyrrole nitrogens is 1. The van der Waals surface area contributed by atoms with Gasteiger partial charge in [-0.25, -0.2) is 0 Å². The van der Waals surface area contributed by atoms with E-state index < -0.39 is 5.91 Å². The summed E-state index contributed by atoms with van der Waals surface area (Å²) in [6.45, 7) is 4.10. The zero-order chi connectivity index (χ0) is 18.5. The van der Waals surface area contributed by atoms with Crippen molar-refractivity contribution < 1.29 is 9.59 Å². The fourth-order valence-corrected chi connectivity index (χ4v) is 3.01. The van der Waals surface area contributed by atoms with Gasteiger partial charge in [0.25, 0.3) is 5.91 Å². The lowest BCUT2D eigenvalue weighted by atomic mass is 10.0. The third-order valence-corrected chi connectivity index (χ3v) is 4.71. The number of carbonyl (C=O) groups excluding carboxylic acids is 2. The van der Waals surface area contributed by atoms with Crippen molar-refractivity contribution in [2.24, 2.45) is 5.92 Å². The van der Waals surface area contributed by atoms with E-state index in [0.29, 0.717) is 19.4 Å². The van der Waals surface area contributed by atoms with Gasteiger partial charge < -0.3 is 10.3 Å². The number of hydrogen-bond acceptors (Lipinski definition) is 3. The SMILES string of the molecule is CCC(C)C(=O)C(=O)NCCc1c(-c2cccnc2)[nH]c2ccccc12. The van der Waals surface area contributed by atoms with E-state index in [2.05, 4.69) is 21.4 Å². The van der Waals surface area contributed by atoms with E-state index in [1.165, 1.54) is 0 Å². The average Bonchev–Trinajstić information content (AvgIpc) is 3.06. The number of ketones is 1. The predicted octanol–water partition coefficient (Wildman–Crippen LogP) is 3.50. The van der Waals surface area contributed by atoms with Crippen molar-refractivity contribution in [1.82, 2.24) is 15.3 Å². The van der Waals surface area contributed by atoms with Gasteiger partial charge >= 0.3 is 0 Å². The molecular formula is C21H23N3O2. The Labute approximate surface area is 152 Å². The highest BCUT2D eigenvalue weighted by Gasteiger charge is 2.19. The maximum Gasteiger partial charge on any atom is 0.287 e. The van der Waals surface area contributed by atoms with Crippen LogP contribution in [0.15, 0.2) is 48.8 Å². The number of pyridine rings is 1. The molecule has 0 radical (unpaired) electrons. The number of nitrogens with zero attached hydrogens (tertiary/aromatic N) is 1. The normalized spacial score (nSPS) is 12.1. The summed E-state index contributed by atoms with van der Waals surface area (Å²) in [5.41, 5.74) is 4.16. The van der Waals surface area contributed by atoms with Gasteiger partial charge in [0.2, 0.25) is 5.78 Å². The van der Waals surface area contributed by atoms with Gasteiger partial charge in [-0.15, -0.1) is 0 Å². The largest absolute Gasteiger partial charge is 0.354 e. The first-order valence-electron chi connectivity index (χ1n) is 8.93. The van der Waals surface area contributed by atoms with Crippen LogP contribution in [0.2, 0.25) is 0 Å². The summed E-state index contributed by atoms with van der Waals surface area (Å²) in [5, 5.41) is 3.88. The number of aromatic amines is 1. The van der Waals surface area contributed by atoms with Crippen LogP contribution < -0.4 is 5.32 Å². The minimum Gasteiger partial charge on any atom is -0.354 e. The van der Waals surface area contributed by atoms with E-state index in [1.54, 1.807) is 13.1 Å². The number of fused-ring (bicyclic) bond motifs is 1. The highest BCUT2D eigenvalue weighted by molar-refractivity contribution is 6.36. The molecule has 134 valence electrons. The molecule has 3 rings (SSSR count). The van der Waals surface area contributed by atoms with E-state index in [0.717, 1.165) is 27.7 Å². The van der Waals surface area contributed by atoms with Gasteiger partial charge in [0.1, 0.15) is 0 Å². The molecule has 2 N–H and O–H groups in total. The zero-order valence-corrected chi connectivity index (χ0v) is 15.1. The van der Waals surface area contributed by atoms with Crippen molar-refractivity contribution in [3.8, 4) is 11.3 Å². The Hall–Kier alpha value is -2.95. The number of para-hydroxylation sites is 1. The molecule has 2 heterocycles. The molecule has 0 aliphatic carbocycles. The minimum absolute atomic E-state index is 0.242. The van der Waals surface area contributed by atoms with Gasteiger partial charge in [0.15, 0.2) is 0 Å². The van der Waals surface area contributed by atoms with Crippen LogP contribution in [0.5, 0.6) is 0 Å². The maximum atomic E-state index is 12.0. The molecule has 1 atom stereocenters. The van der Waals surface area contributed by atoms with Crippen LogP contribution in [0.4, 0.5) is 0 Å². The van der Waals surface area contributed by atoms with Crippen LogP contribution in [0, 0.1) is 5.92 Å². The molecule has 0 saturated carbocycles. The Balaban J connectivity index is 1.81. The molecule has 3 aromatic rings. The third-order valence-electron chi connectivity index (χ3n) is 4.71. The topological polar surface area (TPSA) is 74.8 Å². The molecule has 2 aromatic heterocycles. The first kappa shape index (κ1) is 17.9. The van der Waals surface area contributed by atoms with Crippen LogP contribution in [-0.4, -0.2) is 28.2 Å². The second kappa shape index (κ2) is 7.95. The summed E-state index contributed by atoms with van der Waals surface area (Å²) in [6.07, 6.45) is 4.86. The number of carbonyl (C=O) groups is 2. The fourth-order valence-electron chi connectivity index (χ4n) is 3.01. The van der Waals surface area contributed by atoms with Crippen LogP contribution >= 0.6 is 0 Å².